The molecule has 2 unspecified atom stereocenters. The van der Waals surface area contributed by atoms with Gasteiger partial charge in [-0.3, -0.25) is 4.90 Å². The van der Waals surface area contributed by atoms with E-state index in [-0.39, 0.29) is 18.7 Å². The highest BCUT2D eigenvalue weighted by atomic mass is 16.3. The average molecular weight is 230 g/mol. The largest absolute Gasteiger partial charge is 0.395 e. The van der Waals surface area contributed by atoms with Gasteiger partial charge >= 0.3 is 0 Å². The van der Waals surface area contributed by atoms with Gasteiger partial charge in [0.1, 0.15) is 0 Å². The van der Waals surface area contributed by atoms with Gasteiger partial charge in [0.25, 0.3) is 0 Å². The van der Waals surface area contributed by atoms with E-state index in [0.29, 0.717) is 5.92 Å². The summed E-state index contributed by atoms with van der Waals surface area (Å²) < 4.78 is 0. The van der Waals surface area contributed by atoms with Crippen LogP contribution in [0.15, 0.2) is 0 Å². The maximum atomic E-state index is 9.51. The van der Waals surface area contributed by atoms with Crippen LogP contribution in [-0.4, -0.2) is 41.8 Å². The van der Waals surface area contributed by atoms with E-state index in [1.165, 1.54) is 0 Å². The molecule has 0 aromatic rings. The molecule has 98 valence electrons. The van der Waals surface area contributed by atoms with Gasteiger partial charge in [0.2, 0.25) is 0 Å². The van der Waals surface area contributed by atoms with Crippen LogP contribution < -0.4 is 5.73 Å². The van der Waals surface area contributed by atoms with Crippen molar-refractivity contribution in [2.45, 2.75) is 59.0 Å². The quantitative estimate of drug-likeness (QED) is 0.635. The van der Waals surface area contributed by atoms with Gasteiger partial charge in [-0.25, -0.2) is 0 Å². The fourth-order valence-corrected chi connectivity index (χ4v) is 2.24. The molecule has 0 fully saturated rings. The number of aliphatic hydroxyl groups excluding tert-OH is 1. The van der Waals surface area contributed by atoms with Crippen LogP contribution in [0.4, 0.5) is 0 Å². The predicted molar refractivity (Wildman–Crippen MR) is 70.5 cm³/mol. The fraction of sp³-hybridized carbons (Fsp3) is 1.00. The minimum absolute atomic E-state index is 0.0862. The van der Waals surface area contributed by atoms with Crippen molar-refractivity contribution in [1.29, 1.82) is 0 Å². The monoisotopic (exact) mass is 230 g/mol. The summed E-state index contributed by atoms with van der Waals surface area (Å²) >= 11 is 0. The number of nitrogens with two attached hydrogens (primary N) is 1. The van der Waals surface area contributed by atoms with Crippen molar-refractivity contribution in [1.82, 2.24) is 4.90 Å². The third-order valence-corrected chi connectivity index (χ3v) is 2.92. The van der Waals surface area contributed by atoms with E-state index < -0.39 is 0 Å². The first-order chi connectivity index (χ1) is 7.56. The minimum atomic E-state index is 0.0862. The number of hydrogen-bond acceptors (Lipinski definition) is 3. The Morgan fingerprint density at radius 2 is 1.62 bits per heavy atom. The van der Waals surface area contributed by atoms with E-state index in [9.17, 15) is 5.11 Å². The standard InChI is InChI=1S/C13H30N2O/c1-5-7-15(8-6-2)13(10-16)12(14)9-11(3)4/h11-13,16H,5-10,14H2,1-4H3. The summed E-state index contributed by atoms with van der Waals surface area (Å²) in [5.41, 5.74) is 6.19. The van der Waals surface area contributed by atoms with Crippen molar-refractivity contribution in [2.24, 2.45) is 11.7 Å². The molecule has 0 aromatic heterocycles. The van der Waals surface area contributed by atoms with Crippen LogP contribution >= 0.6 is 0 Å². The third kappa shape index (κ3) is 5.83. The molecule has 3 N–H and O–H groups in total. The molecule has 0 radical (unpaired) electrons. The zero-order chi connectivity index (χ0) is 12.6. The Labute approximate surface area is 101 Å². The molecule has 16 heavy (non-hydrogen) atoms. The van der Waals surface area contributed by atoms with E-state index >= 15 is 0 Å². The molecule has 0 aromatic carbocycles. The molecule has 0 aliphatic carbocycles. The first-order valence-electron chi connectivity index (χ1n) is 6.67. The van der Waals surface area contributed by atoms with Crippen LogP contribution in [0.2, 0.25) is 0 Å². The second kappa shape index (κ2) is 8.97. The van der Waals surface area contributed by atoms with E-state index in [2.05, 4.69) is 32.6 Å². The van der Waals surface area contributed by atoms with Gasteiger partial charge in [-0.15, -0.1) is 0 Å². The van der Waals surface area contributed by atoms with E-state index in [1.54, 1.807) is 0 Å². The topological polar surface area (TPSA) is 49.5 Å². The molecular weight excluding hydrogens is 200 g/mol. The Kier molecular flexibility index (Phi) is 8.90. The lowest BCUT2D eigenvalue weighted by Crippen LogP contribution is -2.51. The lowest BCUT2D eigenvalue weighted by atomic mass is 9.97. The fourth-order valence-electron chi connectivity index (χ4n) is 2.24. The van der Waals surface area contributed by atoms with Gasteiger partial charge < -0.3 is 10.8 Å². The van der Waals surface area contributed by atoms with Gasteiger partial charge in [-0.2, -0.15) is 0 Å². The molecule has 0 bridgehead atoms. The molecule has 0 saturated carbocycles. The molecule has 0 amide bonds. The van der Waals surface area contributed by atoms with Crippen LogP contribution in [0.3, 0.4) is 0 Å². The van der Waals surface area contributed by atoms with Crippen molar-refractivity contribution < 1.29 is 5.11 Å². The average Bonchev–Trinajstić information content (AvgIpc) is 2.18. The Hall–Kier alpha value is -0.120. The highest BCUT2D eigenvalue weighted by Crippen LogP contribution is 2.12. The zero-order valence-corrected chi connectivity index (χ0v) is 11.4. The van der Waals surface area contributed by atoms with Crippen molar-refractivity contribution in [2.75, 3.05) is 19.7 Å². The Balaban J connectivity index is 4.38. The maximum Gasteiger partial charge on any atom is 0.0601 e. The number of nitrogens with zero attached hydrogens (tertiary/aromatic N) is 1. The van der Waals surface area contributed by atoms with Crippen LogP contribution in [-0.2, 0) is 0 Å². The summed E-state index contributed by atoms with van der Waals surface area (Å²) in [5.74, 6) is 0.592. The van der Waals surface area contributed by atoms with Crippen molar-refractivity contribution in [3.05, 3.63) is 0 Å². The normalized spacial score (nSPS) is 15.8. The second-order valence-corrected chi connectivity index (χ2v) is 5.08. The molecule has 0 rings (SSSR count). The SMILES string of the molecule is CCCN(CCC)C(CO)C(N)CC(C)C. The minimum Gasteiger partial charge on any atom is -0.395 e. The Bertz CT molecular complexity index is 156. The zero-order valence-electron chi connectivity index (χ0n) is 11.4. The molecular formula is C13H30N2O. The predicted octanol–water partition coefficient (Wildman–Crippen LogP) is 1.84. The summed E-state index contributed by atoms with van der Waals surface area (Å²) in [4.78, 5) is 2.34. The highest BCUT2D eigenvalue weighted by molar-refractivity contribution is 4.82. The lowest BCUT2D eigenvalue weighted by molar-refractivity contribution is 0.0977. The van der Waals surface area contributed by atoms with Crippen LogP contribution in [0.5, 0.6) is 0 Å². The van der Waals surface area contributed by atoms with Crippen LogP contribution in [0, 0.1) is 5.92 Å². The first-order valence-corrected chi connectivity index (χ1v) is 6.67. The summed E-state index contributed by atoms with van der Waals surface area (Å²) in [6, 6.07) is 0.213. The van der Waals surface area contributed by atoms with Crippen molar-refractivity contribution in [3.63, 3.8) is 0 Å². The lowest BCUT2D eigenvalue weighted by Gasteiger charge is -2.34. The molecule has 2 atom stereocenters. The van der Waals surface area contributed by atoms with E-state index in [4.69, 9.17) is 5.73 Å². The molecule has 0 aliphatic rings. The van der Waals surface area contributed by atoms with Crippen LogP contribution in [0.1, 0.15) is 47.0 Å². The first kappa shape index (κ1) is 15.9. The molecule has 0 spiro atoms. The molecule has 0 aliphatic heterocycles. The van der Waals surface area contributed by atoms with Crippen molar-refractivity contribution in [3.8, 4) is 0 Å². The third-order valence-electron chi connectivity index (χ3n) is 2.92. The summed E-state index contributed by atoms with van der Waals surface area (Å²) in [6.07, 6.45) is 3.21. The van der Waals surface area contributed by atoms with E-state index in [1.807, 2.05) is 0 Å². The van der Waals surface area contributed by atoms with Gasteiger partial charge in [-0.05, 0) is 38.3 Å². The van der Waals surface area contributed by atoms with Gasteiger partial charge in [0.15, 0.2) is 0 Å². The number of aliphatic hydroxyl groups is 1. The Morgan fingerprint density at radius 1 is 1.12 bits per heavy atom. The molecule has 3 heteroatoms. The number of hydrogen-bond donors (Lipinski definition) is 2. The summed E-state index contributed by atoms with van der Waals surface area (Å²) in [5, 5.41) is 9.51. The Morgan fingerprint density at radius 3 is 1.94 bits per heavy atom. The smallest absolute Gasteiger partial charge is 0.0601 e. The van der Waals surface area contributed by atoms with Gasteiger partial charge in [-0.1, -0.05) is 27.7 Å². The second-order valence-electron chi connectivity index (χ2n) is 5.08. The highest BCUT2D eigenvalue weighted by Gasteiger charge is 2.23. The molecule has 0 heterocycles. The molecule has 0 saturated heterocycles. The maximum absolute atomic E-state index is 9.51. The summed E-state index contributed by atoms with van der Waals surface area (Å²) in [7, 11) is 0. The molecule has 3 nitrogen and oxygen atoms in total. The number of rotatable bonds is 9. The van der Waals surface area contributed by atoms with Crippen LogP contribution in [0.25, 0.3) is 0 Å². The van der Waals surface area contributed by atoms with Gasteiger partial charge in [0, 0.05) is 12.1 Å². The summed E-state index contributed by atoms with van der Waals surface area (Å²) in [6.45, 7) is 10.9. The van der Waals surface area contributed by atoms with Crippen molar-refractivity contribution >= 4 is 0 Å². The van der Waals surface area contributed by atoms with E-state index in [0.717, 1.165) is 32.4 Å². The van der Waals surface area contributed by atoms with Gasteiger partial charge in [0.05, 0.1) is 6.61 Å².